The fourth-order valence-electron chi connectivity index (χ4n) is 1.87. The number of rotatable bonds is 7. The van der Waals surface area contributed by atoms with Crippen LogP contribution in [0.25, 0.3) is 0 Å². The van der Waals surface area contributed by atoms with Gasteiger partial charge >= 0.3 is 0 Å². The highest BCUT2D eigenvalue weighted by Gasteiger charge is 2.17. The zero-order chi connectivity index (χ0) is 11.9. The molecule has 1 N–H and O–H groups in total. The number of hydrogen-bond acceptors (Lipinski definition) is 2. The summed E-state index contributed by atoms with van der Waals surface area (Å²) in [5.74, 6) is 0. The lowest BCUT2D eigenvalue weighted by molar-refractivity contribution is 0.325. The highest BCUT2D eigenvalue weighted by molar-refractivity contribution is 5.11. The van der Waals surface area contributed by atoms with Crippen molar-refractivity contribution in [1.82, 2.24) is 10.3 Å². The fourth-order valence-corrected chi connectivity index (χ4v) is 1.87. The Morgan fingerprint density at radius 3 is 2.50 bits per heavy atom. The first-order chi connectivity index (χ1) is 7.64. The van der Waals surface area contributed by atoms with Gasteiger partial charge in [-0.2, -0.15) is 0 Å². The van der Waals surface area contributed by atoms with Gasteiger partial charge in [0.05, 0.1) is 0 Å². The van der Waals surface area contributed by atoms with Crippen LogP contribution in [-0.4, -0.2) is 18.1 Å². The van der Waals surface area contributed by atoms with E-state index in [1.165, 1.54) is 18.4 Å². The Bertz CT molecular complexity index is 280. The predicted molar refractivity (Wildman–Crippen MR) is 69.5 cm³/mol. The molecular formula is C14H24N2. The van der Waals surface area contributed by atoms with Crippen LogP contribution in [0.1, 0.15) is 39.2 Å². The van der Waals surface area contributed by atoms with Crippen molar-refractivity contribution >= 4 is 0 Å². The fraction of sp³-hybridized carbons (Fsp3) is 0.643. The first-order valence-corrected chi connectivity index (χ1v) is 6.24. The molecule has 0 unspecified atom stereocenters. The molecule has 0 bridgehead atoms. The van der Waals surface area contributed by atoms with Crippen molar-refractivity contribution in [3.63, 3.8) is 0 Å². The van der Waals surface area contributed by atoms with Crippen molar-refractivity contribution in [3.8, 4) is 0 Å². The van der Waals surface area contributed by atoms with Crippen LogP contribution >= 0.6 is 0 Å². The molecule has 0 saturated carbocycles. The summed E-state index contributed by atoms with van der Waals surface area (Å²) in [5, 5.41) is 3.46. The van der Waals surface area contributed by atoms with Gasteiger partial charge in [-0.1, -0.05) is 20.8 Å². The van der Waals surface area contributed by atoms with Crippen LogP contribution in [-0.2, 0) is 6.42 Å². The monoisotopic (exact) mass is 220 g/mol. The smallest absolute Gasteiger partial charge is 0.0270 e. The standard InChI is InChI=1S/C14H24N2/c1-4-8-15-11-7-14(2,3)12-13-5-9-16-10-6-13/h5-6,9-10,15H,4,7-8,11-12H2,1-3H3. The lowest BCUT2D eigenvalue weighted by Crippen LogP contribution is -2.24. The van der Waals surface area contributed by atoms with E-state index in [0.29, 0.717) is 5.41 Å². The summed E-state index contributed by atoms with van der Waals surface area (Å²) >= 11 is 0. The van der Waals surface area contributed by atoms with E-state index in [-0.39, 0.29) is 0 Å². The Kier molecular flexibility index (Phi) is 5.47. The molecule has 0 aliphatic heterocycles. The second kappa shape index (κ2) is 6.64. The van der Waals surface area contributed by atoms with Crippen molar-refractivity contribution in [2.24, 2.45) is 5.41 Å². The Balaban J connectivity index is 2.33. The maximum atomic E-state index is 4.05. The first kappa shape index (κ1) is 13.2. The topological polar surface area (TPSA) is 24.9 Å². The predicted octanol–water partition coefficient (Wildman–Crippen LogP) is 3.04. The molecule has 1 aromatic heterocycles. The van der Waals surface area contributed by atoms with Gasteiger partial charge in [0, 0.05) is 12.4 Å². The minimum absolute atomic E-state index is 0.363. The Hall–Kier alpha value is -0.890. The van der Waals surface area contributed by atoms with Crippen molar-refractivity contribution in [2.45, 2.75) is 40.0 Å². The Morgan fingerprint density at radius 2 is 1.88 bits per heavy atom. The van der Waals surface area contributed by atoms with E-state index in [9.17, 15) is 0 Å². The third-order valence-corrected chi connectivity index (χ3v) is 2.84. The van der Waals surface area contributed by atoms with Gasteiger partial charge in [0.15, 0.2) is 0 Å². The summed E-state index contributed by atoms with van der Waals surface area (Å²) in [4.78, 5) is 4.05. The van der Waals surface area contributed by atoms with Crippen molar-refractivity contribution in [3.05, 3.63) is 30.1 Å². The molecule has 0 fully saturated rings. The molecule has 90 valence electrons. The largest absolute Gasteiger partial charge is 0.317 e. The van der Waals surface area contributed by atoms with E-state index in [0.717, 1.165) is 19.5 Å². The van der Waals surface area contributed by atoms with Crippen molar-refractivity contribution in [2.75, 3.05) is 13.1 Å². The summed E-state index contributed by atoms with van der Waals surface area (Å²) in [7, 11) is 0. The number of pyridine rings is 1. The maximum absolute atomic E-state index is 4.05. The van der Waals surface area contributed by atoms with E-state index in [2.05, 4.69) is 43.2 Å². The number of nitrogens with one attached hydrogen (secondary N) is 1. The molecule has 0 atom stereocenters. The molecule has 0 radical (unpaired) electrons. The quantitative estimate of drug-likeness (QED) is 0.714. The van der Waals surface area contributed by atoms with E-state index >= 15 is 0 Å². The second-order valence-electron chi connectivity index (χ2n) is 5.20. The molecule has 0 aliphatic carbocycles. The van der Waals surface area contributed by atoms with Crippen LogP contribution in [0.5, 0.6) is 0 Å². The highest BCUT2D eigenvalue weighted by atomic mass is 14.8. The summed E-state index contributed by atoms with van der Waals surface area (Å²) in [6.07, 6.45) is 7.31. The van der Waals surface area contributed by atoms with Gasteiger partial charge in [-0.3, -0.25) is 4.98 Å². The molecule has 2 nitrogen and oxygen atoms in total. The van der Waals surface area contributed by atoms with Crippen LogP contribution < -0.4 is 5.32 Å². The van der Waals surface area contributed by atoms with Gasteiger partial charge in [-0.05, 0) is 55.5 Å². The average molecular weight is 220 g/mol. The van der Waals surface area contributed by atoms with E-state index in [1.54, 1.807) is 0 Å². The SMILES string of the molecule is CCCNCCC(C)(C)Cc1ccncc1. The van der Waals surface area contributed by atoms with Crippen LogP contribution in [0, 0.1) is 5.41 Å². The lowest BCUT2D eigenvalue weighted by atomic mass is 9.83. The third kappa shape index (κ3) is 5.26. The molecule has 1 aromatic rings. The summed E-state index contributed by atoms with van der Waals surface area (Å²) < 4.78 is 0. The van der Waals surface area contributed by atoms with Crippen LogP contribution in [0.15, 0.2) is 24.5 Å². The lowest BCUT2D eigenvalue weighted by Gasteiger charge is -2.24. The van der Waals surface area contributed by atoms with E-state index in [4.69, 9.17) is 0 Å². The third-order valence-electron chi connectivity index (χ3n) is 2.84. The summed E-state index contributed by atoms with van der Waals surface area (Å²) in [5.41, 5.74) is 1.75. The number of hydrogen-bond donors (Lipinski definition) is 1. The summed E-state index contributed by atoms with van der Waals surface area (Å²) in [6, 6.07) is 4.22. The van der Waals surface area contributed by atoms with Crippen LogP contribution in [0.4, 0.5) is 0 Å². The zero-order valence-corrected chi connectivity index (χ0v) is 10.8. The van der Waals surface area contributed by atoms with E-state index < -0.39 is 0 Å². The highest BCUT2D eigenvalue weighted by Crippen LogP contribution is 2.24. The zero-order valence-electron chi connectivity index (χ0n) is 10.8. The normalized spacial score (nSPS) is 11.7. The van der Waals surface area contributed by atoms with Gasteiger partial charge in [0.25, 0.3) is 0 Å². The van der Waals surface area contributed by atoms with Crippen LogP contribution in [0.3, 0.4) is 0 Å². The second-order valence-corrected chi connectivity index (χ2v) is 5.20. The van der Waals surface area contributed by atoms with E-state index in [1.807, 2.05) is 12.4 Å². The van der Waals surface area contributed by atoms with Gasteiger partial charge in [-0.15, -0.1) is 0 Å². The maximum Gasteiger partial charge on any atom is 0.0270 e. The van der Waals surface area contributed by atoms with Gasteiger partial charge in [0.2, 0.25) is 0 Å². The van der Waals surface area contributed by atoms with Gasteiger partial charge in [0.1, 0.15) is 0 Å². The molecule has 0 spiro atoms. The average Bonchev–Trinajstić information content (AvgIpc) is 2.25. The van der Waals surface area contributed by atoms with Crippen molar-refractivity contribution < 1.29 is 0 Å². The van der Waals surface area contributed by atoms with Gasteiger partial charge < -0.3 is 5.32 Å². The molecule has 0 aliphatic rings. The Morgan fingerprint density at radius 1 is 1.19 bits per heavy atom. The molecule has 0 aromatic carbocycles. The van der Waals surface area contributed by atoms with Crippen molar-refractivity contribution in [1.29, 1.82) is 0 Å². The minimum atomic E-state index is 0.363. The number of aromatic nitrogens is 1. The molecule has 2 heteroatoms. The van der Waals surface area contributed by atoms with Crippen LogP contribution in [0.2, 0.25) is 0 Å². The molecule has 0 saturated heterocycles. The molecule has 16 heavy (non-hydrogen) atoms. The summed E-state index contributed by atoms with van der Waals surface area (Å²) in [6.45, 7) is 9.12. The van der Waals surface area contributed by atoms with Gasteiger partial charge in [-0.25, -0.2) is 0 Å². The number of nitrogens with zero attached hydrogens (tertiary/aromatic N) is 1. The molecule has 1 heterocycles. The molecular weight excluding hydrogens is 196 g/mol. The minimum Gasteiger partial charge on any atom is -0.317 e. The molecule has 1 rings (SSSR count). The first-order valence-electron chi connectivity index (χ1n) is 6.24. The molecule has 0 amide bonds. The Labute approximate surface area is 99.5 Å².